The number of hydrogen-bond acceptors (Lipinski definition) is 5. The minimum atomic E-state index is 0.0107. The minimum Gasteiger partial charge on any atom is -0.338 e. The highest BCUT2D eigenvalue weighted by atomic mass is 16.2. The normalized spacial score (nSPS) is 18.9. The summed E-state index contributed by atoms with van der Waals surface area (Å²) in [6.07, 6.45) is 9.04. The van der Waals surface area contributed by atoms with Crippen molar-refractivity contribution < 1.29 is 9.59 Å². The van der Waals surface area contributed by atoms with Gasteiger partial charge in [-0.3, -0.25) is 9.59 Å². The molecule has 2 aliphatic rings. The third kappa shape index (κ3) is 4.46. The fourth-order valence-electron chi connectivity index (χ4n) is 3.75. The zero-order chi connectivity index (χ0) is 17.6. The molecule has 1 aromatic rings. The van der Waals surface area contributed by atoms with Gasteiger partial charge in [-0.1, -0.05) is 19.3 Å². The fraction of sp³-hybridized carbons (Fsp3) is 0.667. The number of rotatable bonds is 4. The summed E-state index contributed by atoms with van der Waals surface area (Å²) in [5, 5.41) is 0. The summed E-state index contributed by atoms with van der Waals surface area (Å²) in [4.78, 5) is 39.0. The molecule has 7 heteroatoms. The Morgan fingerprint density at radius 1 is 1.08 bits per heavy atom. The van der Waals surface area contributed by atoms with Crippen LogP contribution in [0.1, 0.15) is 39.0 Å². The summed E-state index contributed by atoms with van der Waals surface area (Å²) in [5.41, 5.74) is 0. The number of aromatic nitrogens is 2. The molecule has 0 aromatic carbocycles. The molecule has 1 saturated carbocycles. The van der Waals surface area contributed by atoms with Crippen molar-refractivity contribution in [2.24, 2.45) is 0 Å². The number of amides is 2. The van der Waals surface area contributed by atoms with Crippen molar-refractivity contribution in [3.8, 4) is 0 Å². The summed E-state index contributed by atoms with van der Waals surface area (Å²) in [6.45, 7) is 4.52. The van der Waals surface area contributed by atoms with Gasteiger partial charge in [-0.15, -0.1) is 0 Å². The Labute approximate surface area is 149 Å². The lowest BCUT2D eigenvalue weighted by atomic mass is 9.94. The third-order valence-electron chi connectivity index (χ3n) is 5.19. The largest absolute Gasteiger partial charge is 0.338 e. The number of nitrogens with zero attached hydrogens (tertiary/aromatic N) is 5. The van der Waals surface area contributed by atoms with Crippen molar-refractivity contribution in [1.29, 1.82) is 0 Å². The molecule has 0 bridgehead atoms. The molecule has 1 aliphatic heterocycles. The zero-order valence-electron chi connectivity index (χ0n) is 14.9. The Hall–Kier alpha value is -2.18. The average Bonchev–Trinajstić information content (AvgIpc) is 2.67. The summed E-state index contributed by atoms with van der Waals surface area (Å²) < 4.78 is 0. The minimum absolute atomic E-state index is 0.0107. The van der Waals surface area contributed by atoms with Crippen LogP contribution in [0.2, 0.25) is 0 Å². The Balaban J connectivity index is 1.53. The SMILES string of the molecule is CC(=O)N(CC(=O)N1CCN(c2ncccn2)CC1)C1CCCCC1. The van der Waals surface area contributed by atoms with Gasteiger partial charge in [0, 0.05) is 51.5 Å². The Bertz CT molecular complexity index is 580. The van der Waals surface area contributed by atoms with Gasteiger partial charge in [0.05, 0.1) is 6.54 Å². The summed E-state index contributed by atoms with van der Waals surface area (Å²) in [6, 6.07) is 2.03. The molecule has 2 amide bonds. The zero-order valence-corrected chi connectivity index (χ0v) is 14.9. The van der Waals surface area contributed by atoms with Gasteiger partial charge in [-0.05, 0) is 18.9 Å². The molecule has 1 aromatic heterocycles. The maximum Gasteiger partial charge on any atom is 0.242 e. The van der Waals surface area contributed by atoms with Gasteiger partial charge in [-0.2, -0.15) is 0 Å². The average molecular weight is 345 g/mol. The van der Waals surface area contributed by atoms with Gasteiger partial charge in [0.2, 0.25) is 17.8 Å². The Morgan fingerprint density at radius 2 is 1.72 bits per heavy atom. The second kappa shape index (κ2) is 8.27. The molecule has 0 radical (unpaired) electrons. The predicted molar refractivity (Wildman–Crippen MR) is 95.1 cm³/mol. The number of carbonyl (C=O) groups excluding carboxylic acids is 2. The van der Waals surface area contributed by atoms with Gasteiger partial charge >= 0.3 is 0 Å². The van der Waals surface area contributed by atoms with Gasteiger partial charge < -0.3 is 14.7 Å². The van der Waals surface area contributed by atoms with Crippen LogP contribution < -0.4 is 4.90 Å². The smallest absolute Gasteiger partial charge is 0.242 e. The standard InChI is InChI=1S/C18H27N5O2/c1-15(24)23(16-6-3-2-4-7-16)14-17(25)21-10-12-22(13-11-21)18-19-8-5-9-20-18/h5,8-9,16H,2-4,6-7,10-14H2,1H3. The van der Waals surface area contributed by atoms with Crippen molar-refractivity contribution in [1.82, 2.24) is 19.8 Å². The molecule has 2 heterocycles. The van der Waals surface area contributed by atoms with Crippen molar-refractivity contribution in [3.63, 3.8) is 0 Å². The lowest BCUT2D eigenvalue weighted by Gasteiger charge is -2.38. The van der Waals surface area contributed by atoms with Gasteiger partial charge in [-0.25, -0.2) is 9.97 Å². The van der Waals surface area contributed by atoms with Crippen LogP contribution in [0.3, 0.4) is 0 Å². The summed E-state index contributed by atoms with van der Waals surface area (Å²) in [5.74, 6) is 0.771. The first-order chi connectivity index (χ1) is 12.1. The first-order valence-electron chi connectivity index (χ1n) is 9.22. The molecule has 1 saturated heterocycles. The van der Waals surface area contributed by atoms with E-state index in [0.29, 0.717) is 19.0 Å². The number of hydrogen-bond donors (Lipinski definition) is 0. The monoisotopic (exact) mass is 345 g/mol. The highest BCUT2D eigenvalue weighted by molar-refractivity contribution is 5.84. The molecule has 7 nitrogen and oxygen atoms in total. The lowest BCUT2D eigenvalue weighted by Crippen LogP contribution is -2.53. The Kier molecular flexibility index (Phi) is 5.83. The van der Waals surface area contributed by atoms with E-state index in [1.165, 1.54) is 6.42 Å². The first-order valence-corrected chi connectivity index (χ1v) is 9.22. The Morgan fingerprint density at radius 3 is 2.32 bits per heavy atom. The first kappa shape index (κ1) is 17.6. The van der Waals surface area contributed by atoms with Crippen LogP contribution in [-0.4, -0.2) is 70.3 Å². The molecule has 2 fully saturated rings. The topological polar surface area (TPSA) is 69.6 Å². The maximum atomic E-state index is 12.7. The number of piperazine rings is 1. The highest BCUT2D eigenvalue weighted by Gasteiger charge is 2.28. The fourth-order valence-corrected chi connectivity index (χ4v) is 3.75. The molecule has 0 spiro atoms. The van der Waals surface area contributed by atoms with Crippen LogP contribution in [0.15, 0.2) is 18.5 Å². The third-order valence-corrected chi connectivity index (χ3v) is 5.19. The van der Waals surface area contributed by atoms with Crippen molar-refractivity contribution in [3.05, 3.63) is 18.5 Å². The molecule has 0 N–H and O–H groups in total. The van der Waals surface area contributed by atoms with E-state index in [4.69, 9.17) is 0 Å². The van der Waals surface area contributed by atoms with Crippen molar-refractivity contribution >= 4 is 17.8 Å². The predicted octanol–water partition coefficient (Wildman–Crippen LogP) is 1.31. The quantitative estimate of drug-likeness (QED) is 0.823. The molecular formula is C18H27N5O2. The molecular weight excluding hydrogens is 318 g/mol. The van der Waals surface area contributed by atoms with Crippen LogP contribution in [0.5, 0.6) is 0 Å². The van der Waals surface area contributed by atoms with Crippen LogP contribution in [-0.2, 0) is 9.59 Å². The second-order valence-electron chi connectivity index (χ2n) is 6.86. The number of anilines is 1. The highest BCUT2D eigenvalue weighted by Crippen LogP contribution is 2.23. The van der Waals surface area contributed by atoms with Gasteiger partial charge in [0.15, 0.2) is 0 Å². The van der Waals surface area contributed by atoms with E-state index in [2.05, 4.69) is 14.9 Å². The van der Waals surface area contributed by atoms with Gasteiger partial charge in [0.25, 0.3) is 0 Å². The number of carbonyl (C=O) groups is 2. The van der Waals surface area contributed by atoms with Crippen molar-refractivity contribution in [2.45, 2.75) is 45.1 Å². The van der Waals surface area contributed by atoms with E-state index in [9.17, 15) is 9.59 Å². The van der Waals surface area contributed by atoms with Crippen LogP contribution in [0, 0.1) is 0 Å². The van der Waals surface area contributed by atoms with E-state index >= 15 is 0 Å². The van der Waals surface area contributed by atoms with Crippen LogP contribution >= 0.6 is 0 Å². The van der Waals surface area contributed by atoms with E-state index in [-0.39, 0.29) is 24.4 Å². The van der Waals surface area contributed by atoms with Crippen LogP contribution in [0.25, 0.3) is 0 Å². The van der Waals surface area contributed by atoms with E-state index in [1.54, 1.807) is 30.3 Å². The molecule has 136 valence electrons. The molecule has 0 unspecified atom stereocenters. The molecule has 1 aliphatic carbocycles. The van der Waals surface area contributed by atoms with E-state index < -0.39 is 0 Å². The van der Waals surface area contributed by atoms with Crippen LogP contribution in [0.4, 0.5) is 5.95 Å². The maximum absolute atomic E-state index is 12.7. The van der Waals surface area contributed by atoms with E-state index in [1.807, 2.05) is 4.90 Å². The lowest BCUT2D eigenvalue weighted by molar-refractivity contribution is -0.142. The molecule has 0 atom stereocenters. The molecule has 25 heavy (non-hydrogen) atoms. The van der Waals surface area contributed by atoms with E-state index in [0.717, 1.165) is 38.8 Å². The second-order valence-corrected chi connectivity index (χ2v) is 6.86. The van der Waals surface area contributed by atoms with Crippen molar-refractivity contribution in [2.75, 3.05) is 37.6 Å². The summed E-state index contributed by atoms with van der Waals surface area (Å²) in [7, 11) is 0. The molecule has 3 rings (SSSR count). The van der Waals surface area contributed by atoms with Gasteiger partial charge in [0.1, 0.15) is 0 Å². The summed E-state index contributed by atoms with van der Waals surface area (Å²) >= 11 is 0.